The van der Waals surface area contributed by atoms with Crippen molar-refractivity contribution < 1.29 is 9.59 Å². The van der Waals surface area contributed by atoms with Gasteiger partial charge in [0.25, 0.3) is 0 Å². The molecule has 5 nitrogen and oxygen atoms in total. The van der Waals surface area contributed by atoms with Crippen molar-refractivity contribution in [2.75, 3.05) is 6.54 Å². The van der Waals surface area contributed by atoms with Crippen LogP contribution >= 0.6 is 0 Å². The van der Waals surface area contributed by atoms with Crippen molar-refractivity contribution >= 4 is 22.7 Å². The van der Waals surface area contributed by atoms with Crippen molar-refractivity contribution in [3.63, 3.8) is 0 Å². The summed E-state index contributed by atoms with van der Waals surface area (Å²) in [5.74, 6) is -0.344. The molecule has 1 heterocycles. The zero-order valence-electron chi connectivity index (χ0n) is 12.4. The van der Waals surface area contributed by atoms with Gasteiger partial charge in [0.2, 0.25) is 11.8 Å². The Morgan fingerprint density at radius 1 is 1.29 bits per heavy atom. The van der Waals surface area contributed by atoms with Gasteiger partial charge in [-0.3, -0.25) is 9.59 Å². The van der Waals surface area contributed by atoms with Gasteiger partial charge in [-0.05, 0) is 18.1 Å². The van der Waals surface area contributed by atoms with E-state index in [0.29, 0.717) is 13.0 Å². The zero-order valence-corrected chi connectivity index (χ0v) is 12.4. The van der Waals surface area contributed by atoms with Crippen molar-refractivity contribution in [3.8, 4) is 0 Å². The summed E-state index contributed by atoms with van der Waals surface area (Å²) < 4.78 is 0. The maximum absolute atomic E-state index is 12.2. The van der Waals surface area contributed by atoms with E-state index < -0.39 is 6.04 Å². The Morgan fingerprint density at radius 2 is 2.05 bits per heavy atom. The third-order valence-corrected chi connectivity index (χ3v) is 3.34. The second-order valence-electron chi connectivity index (χ2n) is 5.11. The molecule has 1 aromatic carbocycles. The van der Waals surface area contributed by atoms with Gasteiger partial charge in [0, 0.05) is 37.0 Å². The molecule has 1 atom stereocenters. The lowest BCUT2D eigenvalue weighted by molar-refractivity contribution is -0.128. The molecule has 0 radical (unpaired) electrons. The Hall–Kier alpha value is -2.30. The van der Waals surface area contributed by atoms with Crippen LogP contribution in [0.3, 0.4) is 0 Å². The Balaban J connectivity index is 2.17. The highest BCUT2D eigenvalue weighted by atomic mass is 16.2. The second-order valence-corrected chi connectivity index (χ2v) is 5.11. The van der Waals surface area contributed by atoms with Crippen LogP contribution in [0.2, 0.25) is 0 Å². The third-order valence-electron chi connectivity index (χ3n) is 3.34. The molecule has 1 aromatic heterocycles. The van der Waals surface area contributed by atoms with E-state index in [4.69, 9.17) is 0 Å². The predicted molar refractivity (Wildman–Crippen MR) is 82.9 cm³/mol. The molecule has 0 aliphatic heterocycles. The molecule has 0 fully saturated rings. The molecule has 0 bridgehead atoms. The maximum Gasteiger partial charge on any atom is 0.242 e. The second kappa shape index (κ2) is 6.92. The van der Waals surface area contributed by atoms with Gasteiger partial charge in [0.1, 0.15) is 6.04 Å². The molecule has 0 aliphatic carbocycles. The molecule has 5 heteroatoms. The van der Waals surface area contributed by atoms with Gasteiger partial charge in [0.15, 0.2) is 0 Å². The lowest BCUT2D eigenvalue weighted by Crippen LogP contribution is -2.47. The number of H-pyrrole nitrogens is 1. The quantitative estimate of drug-likeness (QED) is 0.757. The Kier molecular flexibility index (Phi) is 4.98. The van der Waals surface area contributed by atoms with Crippen LogP contribution in [0.1, 0.15) is 25.8 Å². The first-order valence-corrected chi connectivity index (χ1v) is 7.21. The number of carbonyl (C=O) groups excluding carboxylic acids is 2. The summed E-state index contributed by atoms with van der Waals surface area (Å²) in [7, 11) is 0. The van der Waals surface area contributed by atoms with Crippen LogP contribution in [-0.2, 0) is 16.0 Å². The minimum absolute atomic E-state index is 0.141. The summed E-state index contributed by atoms with van der Waals surface area (Å²) in [4.78, 5) is 26.7. The van der Waals surface area contributed by atoms with Crippen LogP contribution in [0.5, 0.6) is 0 Å². The number of amides is 2. The first-order chi connectivity index (χ1) is 10.1. The van der Waals surface area contributed by atoms with Crippen molar-refractivity contribution in [3.05, 3.63) is 36.0 Å². The first-order valence-electron chi connectivity index (χ1n) is 7.21. The normalized spacial score (nSPS) is 12.1. The molecule has 0 spiro atoms. The smallest absolute Gasteiger partial charge is 0.242 e. The molecule has 0 saturated heterocycles. The summed E-state index contributed by atoms with van der Waals surface area (Å²) in [6.45, 7) is 4.03. The standard InChI is InChI=1S/C16H21N3O2/c1-3-8-17-16(21)15(19-11(2)20)9-12-10-18-14-7-5-4-6-13(12)14/h4-7,10,15,18H,3,8-9H2,1-2H3,(H,17,21)(H,19,20). The van der Waals surface area contributed by atoms with Crippen LogP contribution in [0.15, 0.2) is 30.5 Å². The number of aromatic nitrogens is 1. The van der Waals surface area contributed by atoms with Crippen LogP contribution in [0.25, 0.3) is 10.9 Å². The van der Waals surface area contributed by atoms with Gasteiger partial charge in [-0.15, -0.1) is 0 Å². The largest absolute Gasteiger partial charge is 0.361 e. The number of hydrogen-bond acceptors (Lipinski definition) is 2. The number of para-hydroxylation sites is 1. The average molecular weight is 287 g/mol. The molecule has 2 amide bonds. The highest BCUT2D eigenvalue weighted by Crippen LogP contribution is 2.19. The van der Waals surface area contributed by atoms with E-state index in [0.717, 1.165) is 22.9 Å². The van der Waals surface area contributed by atoms with Gasteiger partial charge < -0.3 is 15.6 Å². The van der Waals surface area contributed by atoms with Crippen molar-refractivity contribution in [1.29, 1.82) is 0 Å². The van der Waals surface area contributed by atoms with E-state index in [9.17, 15) is 9.59 Å². The first kappa shape index (κ1) is 15.1. The van der Waals surface area contributed by atoms with E-state index in [1.54, 1.807) is 0 Å². The zero-order chi connectivity index (χ0) is 15.2. The Morgan fingerprint density at radius 3 is 2.76 bits per heavy atom. The van der Waals surface area contributed by atoms with E-state index in [1.165, 1.54) is 6.92 Å². The molecule has 1 unspecified atom stereocenters. The van der Waals surface area contributed by atoms with Crippen LogP contribution < -0.4 is 10.6 Å². The molecule has 3 N–H and O–H groups in total. The molecular formula is C16H21N3O2. The topological polar surface area (TPSA) is 74.0 Å². The van der Waals surface area contributed by atoms with Gasteiger partial charge >= 0.3 is 0 Å². The van der Waals surface area contributed by atoms with E-state index in [-0.39, 0.29) is 11.8 Å². The molecule has 21 heavy (non-hydrogen) atoms. The lowest BCUT2D eigenvalue weighted by atomic mass is 10.0. The fourth-order valence-corrected chi connectivity index (χ4v) is 2.35. The van der Waals surface area contributed by atoms with Crippen molar-refractivity contribution in [2.24, 2.45) is 0 Å². The number of aromatic amines is 1. The lowest BCUT2D eigenvalue weighted by Gasteiger charge is -2.17. The SMILES string of the molecule is CCCNC(=O)C(Cc1c[nH]c2ccccc12)NC(C)=O. The van der Waals surface area contributed by atoms with Gasteiger partial charge in [-0.25, -0.2) is 0 Å². The predicted octanol–water partition coefficient (Wildman–Crippen LogP) is 1.74. The summed E-state index contributed by atoms with van der Waals surface area (Å²) in [6, 6.07) is 7.37. The van der Waals surface area contributed by atoms with Crippen LogP contribution in [-0.4, -0.2) is 29.4 Å². The van der Waals surface area contributed by atoms with Crippen molar-refractivity contribution in [1.82, 2.24) is 15.6 Å². The molecular weight excluding hydrogens is 266 g/mol. The molecule has 2 rings (SSSR count). The average Bonchev–Trinajstić information content (AvgIpc) is 2.87. The fourth-order valence-electron chi connectivity index (χ4n) is 2.35. The number of rotatable bonds is 6. The molecule has 112 valence electrons. The summed E-state index contributed by atoms with van der Waals surface area (Å²) in [5, 5.41) is 6.64. The van der Waals surface area contributed by atoms with E-state index in [1.807, 2.05) is 37.4 Å². The highest BCUT2D eigenvalue weighted by molar-refractivity contribution is 5.89. The Labute approximate surface area is 124 Å². The molecule has 0 saturated carbocycles. The van der Waals surface area contributed by atoms with E-state index in [2.05, 4.69) is 15.6 Å². The van der Waals surface area contributed by atoms with E-state index >= 15 is 0 Å². The number of fused-ring (bicyclic) bond motifs is 1. The maximum atomic E-state index is 12.2. The number of benzene rings is 1. The Bertz CT molecular complexity index is 633. The summed E-state index contributed by atoms with van der Waals surface area (Å²) in [5.41, 5.74) is 2.05. The van der Waals surface area contributed by atoms with Gasteiger partial charge in [-0.2, -0.15) is 0 Å². The monoisotopic (exact) mass is 287 g/mol. The molecule has 2 aromatic rings. The van der Waals surface area contributed by atoms with Gasteiger partial charge in [0.05, 0.1) is 0 Å². The van der Waals surface area contributed by atoms with Crippen LogP contribution in [0, 0.1) is 0 Å². The number of carbonyl (C=O) groups is 2. The minimum atomic E-state index is -0.548. The van der Waals surface area contributed by atoms with Crippen molar-refractivity contribution in [2.45, 2.75) is 32.7 Å². The van der Waals surface area contributed by atoms with Gasteiger partial charge in [-0.1, -0.05) is 25.1 Å². The fraction of sp³-hybridized carbons (Fsp3) is 0.375. The molecule has 0 aliphatic rings. The number of hydrogen-bond donors (Lipinski definition) is 3. The summed E-state index contributed by atoms with van der Waals surface area (Å²) >= 11 is 0. The summed E-state index contributed by atoms with van der Waals surface area (Å²) in [6.07, 6.45) is 3.23. The third kappa shape index (κ3) is 3.84. The minimum Gasteiger partial charge on any atom is -0.361 e. The van der Waals surface area contributed by atoms with Crippen LogP contribution in [0.4, 0.5) is 0 Å². The number of nitrogens with one attached hydrogen (secondary N) is 3. The highest BCUT2D eigenvalue weighted by Gasteiger charge is 2.20.